The SMILES string of the molecule is CCCc1cccc(N/C(N)=C(/C#N)C=C(C)CC)c1. The molecule has 0 aliphatic heterocycles. The molecule has 0 amide bonds. The predicted molar refractivity (Wildman–Crippen MR) is 84.9 cm³/mol. The minimum Gasteiger partial charge on any atom is -0.384 e. The highest BCUT2D eigenvalue weighted by atomic mass is 15.0. The molecule has 1 aromatic rings. The van der Waals surface area contributed by atoms with E-state index in [9.17, 15) is 5.26 Å². The van der Waals surface area contributed by atoms with Gasteiger partial charge in [-0.25, -0.2) is 0 Å². The Balaban J connectivity index is 2.95. The Bertz CT molecular complexity index is 548. The number of benzene rings is 1. The largest absolute Gasteiger partial charge is 0.384 e. The van der Waals surface area contributed by atoms with Gasteiger partial charge >= 0.3 is 0 Å². The Morgan fingerprint density at radius 1 is 1.40 bits per heavy atom. The molecule has 0 fully saturated rings. The molecule has 1 aromatic carbocycles. The van der Waals surface area contributed by atoms with Gasteiger partial charge in [0.25, 0.3) is 0 Å². The number of nitrogens with zero attached hydrogens (tertiary/aromatic N) is 1. The standard InChI is InChI=1S/C17H23N3/c1-4-7-14-8-6-9-16(11-14)20-17(19)15(12-18)10-13(3)5-2/h6,8-11,20H,4-5,7,19H2,1-3H3/b13-10?,17-15+. The molecule has 0 aromatic heterocycles. The smallest absolute Gasteiger partial charge is 0.119 e. The maximum Gasteiger partial charge on any atom is 0.119 e. The zero-order valence-corrected chi connectivity index (χ0v) is 12.5. The third-order valence-corrected chi connectivity index (χ3v) is 3.10. The number of allylic oxidation sites excluding steroid dienone is 3. The number of nitriles is 1. The molecule has 3 nitrogen and oxygen atoms in total. The minimum absolute atomic E-state index is 0.397. The lowest BCUT2D eigenvalue weighted by atomic mass is 10.1. The molecule has 3 heteroatoms. The molecule has 0 saturated heterocycles. The Morgan fingerprint density at radius 3 is 2.75 bits per heavy atom. The van der Waals surface area contributed by atoms with E-state index in [1.807, 2.05) is 25.1 Å². The van der Waals surface area contributed by atoms with Crippen molar-refractivity contribution in [3.8, 4) is 6.07 Å². The first-order valence-electron chi connectivity index (χ1n) is 7.03. The summed E-state index contributed by atoms with van der Waals surface area (Å²) in [6.45, 7) is 6.20. The Kier molecular flexibility index (Phi) is 6.39. The first-order valence-corrected chi connectivity index (χ1v) is 7.03. The van der Waals surface area contributed by atoms with Crippen molar-refractivity contribution in [1.29, 1.82) is 5.26 Å². The van der Waals surface area contributed by atoms with Crippen LogP contribution in [0.5, 0.6) is 0 Å². The van der Waals surface area contributed by atoms with Gasteiger partial charge in [-0.15, -0.1) is 0 Å². The van der Waals surface area contributed by atoms with Crippen LogP contribution in [-0.4, -0.2) is 0 Å². The highest BCUT2D eigenvalue weighted by Gasteiger charge is 2.02. The Labute approximate surface area is 121 Å². The Hall–Kier alpha value is -2.21. The lowest BCUT2D eigenvalue weighted by Gasteiger charge is -2.09. The molecule has 0 saturated carbocycles. The summed E-state index contributed by atoms with van der Waals surface area (Å²) in [6.07, 6.45) is 4.89. The third-order valence-electron chi connectivity index (χ3n) is 3.10. The summed E-state index contributed by atoms with van der Waals surface area (Å²) < 4.78 is 0. The van der Waals surface area contributed by atoms with E-state index in [4.69, 9.17) is 5.73 Å². The molecule has 0 unspecified atom stereocenters. The number of rotatable bonds is 6. The number of nitrogens with two attached hydrogens (primary N) is 1. The molecule has 0 heterocycles. The van der Waals surface area contributed by atoms with E-state index in [1.54, 1.807) is 0 Å². The quantitative estimate of drug-likeness (QED) is 0.603. The van der Waals surface area contributed by atoms with Crippen LogP contribution in [0.15, 0.2) is 47.3 Å². The van der Waals surface area contributed by atoms with E-state index in [1.165, 1.54) is 5.56 Å². The van der Waals surface area contributed by atoms with Crippen LogP contribution in [0.3, 0.4) is 0 Å². The molecule has 106 valence electrons. The van der Waals surface area contributed by atoms with E-state index < -0.39 is 0 Å². The molecule has 0 aliphatic rings. The van der Waals surface area contributed by atoms with Crippen LogP contribution in [0.1, 0.15) is 39.2 Å². The van der Waals surface area contributed by atoms with E-state index in [-0.39, 0.29) is 0 Å². The molecule has 0 aliphatic carbocycles. The average molecular weight is 269 g/mol. The fraction of sp³-hybridized carbons (Fsp3) is 0.353. The molecule has 0 bridgehead atoms. The van der Waals surface area contributed by atoms with Crippen molar-refractivity contribution >= 4 is 5.69 Å². The zero-order chi connectivity index (χ0) is 15.0. The number of hydrogen-bond donors (Lipinski definition) is 2. The van der Waals surface area contributed by atoms with Crippen LogP contribution >= 0.6 is 0 Å². The lowest BCUT2D eigenvalue weighted by Crippen LogP contribution is -2.12. The van der Waals surface area contributed by atoms with Gasteiger partial charge < -0.3 is 11.1 Å². The van der Waals surface area contributed by atoms with Gasteiger partial charge in [0.15, 0.2) is 0 Å². The highest BCUT2D eigenvalue weighted by molar-refractivity contribution is 5.53. The van der Waals surface area contributed by atoms with E-state index >= 15 is 0 Å². The van der Waals surface area contributed by atoms with E-state index in [0.717, 1.165) is 30.5 Å². The summed E-state index contributed by atoms with van der Waals surface area (Å²) >= 11 is 0. The normalized spacial score (nSPS) is 12.6. The van der Waals surface area contributed by atoms with Crippen molar-refractivity contribution in [2.75, 3.05) is 5.32 Å². The van der Waals surface area contributed by atoms with Gasteiger partial charge in [-0.1, -0.05) is 38.0 Å². The summed E-state index contributed by atoms with van der Waals surface area (Å²) in [5.41, 5.74) is 9.78. The fourth-order valence-electron chi connectivity index (χ4n) is 1.83. The van der Waals surface area contributed by atoms with Gasteiger partial charge in [0.2, 0.25) is 0 Å². The van der Waals surface area contributed by atoms with Crippen molar-refractivity contribution in [3.05, 3.63) is 52.9 Å². The third kappa shape index (κ3) is 4.81. The van der Waals surface area contributed by atoms with Gasteiger partial charge in [-0.3, -0.25) is 0 Å². The first kappa shape index (κ1) is 15.8. The van der Waals surface area contributed by atoms with Crippen LogP contribution in [0.25, 0.3) is 0 Å². The summed E-state index contributed by atoms with van der Waals surface area (Å²) in [7, 11) is 0. The number of anilines is 1. The van der Waals surface area contributed by atoms with Gasteiger partial charge in [-0.2, -0.15) is 5.26 Å². The van der Waals surface area contributed by atoms with Crippen molar-refractivity contribution in [2.45, 2.75) is 40.0 Å². The molecular weight excluding hydrogens is 246 g/mol. The topological polar surface area (TPSA) is 61.8 Å². The number of aryl methyl sites for hydroxylation is 1. The van der Waals surface area contributed by atoms with Gasteiger partial charge in [0, 0.05) is 5.69 Å². The maximum absolute atomic E-state index is 9.19. The second-order valence-corrected chi connectivity index (χ2v) is 4.86. The van der Waals surface area contributed by atoms with E-state index in [2.05, 4.69) is 37.4 Å². The van der Waals surface area contributed by atoms with Gasteiger partial charge in [-0.05, 0) is 43.5 Å². The highest BCUT2D eigenvalue weighted by Crippen LogP contribution is 2.15. The second kappa shape index (κ2) is 8.06. The molecule has 3 N–H and O–H groups in total. The lowest BCUT2D eigenvalue weighted by molar-refractivity contribution is 0.922. The molecule has 20 heavy (non-hydrogen) atoms. The molecule has 0 spiro atoms. The van der Waals surface area contributed by atoms with Crippen molar-refractivity contribution in [3.63, 3.8) is 0 Å². The van der Waals surface area contributed by atoms with Crippen LogP contribution in [-0.2, 0) is 6.42 Å². The molecular formula is C17H23N3. The zero-order valence-electron chi connectivity index (χ0n) is 12.5. The Morgan fingerprint density at radius 2 is 2.15 bits per heavy atom. The fourth-order valence-corrected chi connectivity index (χ4v) is 1.83. The van der Waals surface area contributed by atoms with Gasteiger partial charge in [0.05, 0.1) is 5.57 Å². The van der Waals surface area contributed by atoms with Crippen molar-refractivity contribution in [2.24, 2.45) is 5.73 Å². The first-order chi connectivity index (χ1) is 9.60. The molecule has 1 rings (SSSR count). The minimum atomic E-state index is 0.397. The van der Waals surface area contributed by atoms with Crippen LogP contribution in [0.4, 0.5) is 5.69 Å². The van der Waals surface area contributed by atoms with Gasteiger partial charge in [0.1, 0.15) is 11.9 Å². The monoisotopic (exact) mass is 269 g/mol. The maximum atomic E-state index is 9.19. The van der Waals surface area contributed by atoms with Crippen LogP contribution in [0.2, 0.25) is 0 Å². The molecule has 0 radical (unpaired) electrons. The van der Waals surface area contributed by atoms with Crippen molar-refractivity contribution < 1.29 is 0 Å². The van der Waals surface area contributed by atoms with E-state index in [0.29, 0.717) is 11.4 Å². The van der Waals surface area contributed by atoms with Crippen molar-refractivity contribution in [1.82, 2.24) is 0 Å². The molecule has 0 atom stereocenters. The summed E-state index contributed by atoms with van der Waals surface area (Å²) in [6, 6.07) is 10.3. The summed E-state index contributed by atoms with van der Waals surface area (Å²) in [5.74, 6) is 0.397. The van der Waals surface area contributed by atoms with Crippen LogP contribution in [0, 0.1) is 11.3 Å². The van der Waals surface area contributed by atoms with Crippen LogP contribution < -0.4 is 11.1 Å². The summed E-state index contributed by atoms with van der Waals surface area (Å²) in [4.78, 5) is 0. The average Bonchev–Trinajstić information content (AvgIpc) is 2.45. The second-order valence-electron chi connectivity index (χ2n) is 4.86. The summed E-state index contributed by atoms with van der Waals surface area (Å²) in [5, 5.41) is 12.3. The number of nitrogens with one attached hydrogen (secondary N) is 1. The predicted octanol–water partition coefficient (Wildman–Crippen LogP) is 4.10. The number of hydrogen-bond acceptors (Lipinski definition) is 3.